The maximum atomic E-state index is 13.3. The minimum Gasteiger partial charge on any atom is -0.497 e. The molecule has 0 saturated heterocycles. The van der Waals surface area contributed by atoms with Crippen LogP contribution in [-0.4, -0.2) is 38.5 Å². The third kappa shape index (κ3) is 4.63. The van der Waals surface area contributed by atoms with Crippen LogP contribution in [0.5, 0.6) is 11.5 Å². The SMILES string of the molecule is CCN(C(=O)c1cccc(NC2=C(Cl)C(=O)N(c3cc(OC)ccc3OC)C2=O)c1)c1ccccc1. The smallest absolute Gasteiger partial charge is 0.283 e. The van der Waals surface area contributed by atoms with Crippen molar-refractivity contribution >= 4 is 46.4 Å². The highest BCUT2D eigenvalue weighted by atomic mass is 35.5. The number of carbonyl (C=O) groups is 3. The monoisotopic (exact) mass is 505 g/mol. The van der Waals surface area contributed by atoms with E-state index in [9.17, 15) is 14.4 Å². The minimum atomic E-state index is -0.704. The van der Waals surface area contributed by atoms with Crippen molar-refractivity contribution in [3.63, 3.8) is 0 Å². The molecule has 8 nitrogen and oxygen atoms in total. The molecule has 0 fully saturated rings. The van der Waals surface area contributed by atoms with Crippen LogP contribution < -0.4 is 24.6 Å². The topological polar surface area (TPSA) is 88.2 Å². The Balaban J connectivity index is 1.61. The predicted octanol–water partition coefficient (Wildman–Crippen LogP) is 4.81. The molecule has 1 N–H and O–H groups in total. The van der Waals surface area contributed by atoms with Gasteiger partial charge in [0.1, 0.15) is 22.2 Å². The Kier molecular flexibility index (Phi) is 7.26. The first-order valence-electron chi connectivity index (χ1n) is 11.1. The molecule has 0 radical (unpaired) electrons. The Morgan fingerprint density at radius 2 is 1.69 bits per heavy atom. The molecule has 0 aromatic heterocycles. The van der Waals surface area contributed by atoms with Crippen LogP contribution in [0.4, 0.5) is 17.1 Å². The molecule has 36 heavy (non-hydrogen) atoms. The highest BCUT2D eigenvalue weighted by Crippen LogP contribution is 2.38. The molecule has 1 aliphatic heterocycles. The van der Waals surface area contributed by atoms with Gasteiger partial charge in [-0.3, -0.25) is 14.4 Å². The number of hydrogen-bond donors (Lipinski definition) is 1. The molecule has 0 spiro atoms. The van der Waals surface area contributed by atoms with Gasteiger partial charge in [-0.15, -0.1) is 0 Å². The molecular formula is C27H24ClN3O5. The molecular weight excluding hydrogens is 482 g/mol. The van der Waals surface area contributed by atoms with Gasteiger partial charge in [0.15, 0.2) is 0 Å². The summed E-state index contributed by atoms with van der Waals surface area (Å²) >= 11 is 6.30. The summed E-state index contributed by atoms with van der Waals surface area (Å²) in [6.45, 7) is 2.36. The molecule has 184 valence electrons. The first-order valence-corrected chi connectivity index (χ1v) is 11.5. The summed E-state index contributed by atoms with van der Waals surface area (Å²) in [5.74, 6) is -0.827. The van der Waals surface area contributed by atoms with E-state index in [1.54, 1.807) is 41.3 Å². The fourth-order valence-electron chi connectivity index (χ4n) is 3.88. The van der Waals surface area contributed by atoms with Crippen LogP contribution >= 0.6 is 11.6 Å². The molecule has 3 aromatic carbocycles. The third-order valence-electron chi connectivity index (χ3n) is 5.66. The number of anilines is 3. The van der Waals surface area contributed by atoms with Gasteiger partial charge in [0.05, 0.1) is 19.9 Å². The summed E-state index contributed by atoms with van der Waals surface area (Å²) in [4.78, 5) is 42.0. The summed E-state index contributed by atoms with van der Waals surface area (Å²) in [5.41, 5.74) is 1.71. The van der Waals surface area contributed by atoms with Crippen molar-refractivity contribution in [3.05, 3.63) is 89.1 Å². The van der Waals surface area contributed by atoms with Crippen molar-refractivity contribution in [1.29, 1.82) is 0 Å². The van der Waals surface area contributed by atoms with Crippen LogP contribution in [-0.2, 0) is 9.59 Å². The number of halogens is 1. The molecule has 3 aromatic rings. The molecule has 4 rings (SSSR count). The fourth-order valence-corrected chi connectivity index (χ4v) is 4.10. The normalized spacial score (nSPS) is 13.2. The third-order valence-corrected chi connectivity index (χ3v) is 6.01. The molecule has 0 bridgehead atoms. The van der Waals surface area contributed by atoms with Crippen LogP contribution in [0.25, 0.3) is 0 Å². The second-order valence-corrected chi connectivity index (χ2v) is 8.14. The predicted molar refractivity (Wildman–Crippen MR) is 139 cm³/mol. The number of amides is 3. The van der Waals surface area contributed by atoms with E-state index in [1.165, 1.54) is 20.3 Å². The molecule has 9 heteroatoms. The molecule has 0 atom stereocenters. The van der Waals surface area contributed by atoms with Crippen LogP contribution in [0.3, 0.4) is 0 Å². The second-order valence-electron chi connectivity index (χ2n) is 7.76. The molecule has 1 heterocycles. The standard InChI is InChI=1S/C27H24ClN3O5/c1-4-30(19-11-6-5-7-12-19)25(32)17-9-8-10-18(15-17)29-24-23(28)26(33)31(27(24)34)21-16-20(35-2)13-14-22(21)36-3/h5-16,29H,4H2,1-3H3. The van der Waals surface area contributed by atoms with Gasteiger partial charge in [0.2, 0.25) is 0 Å². The second kappa shape index (κ2) is 10.5. The van der Waals surface area contributed by atoms with E-state index in [0.717, 1.165) is 10.6 Å². The Morgan fingerprint density at radius 3 is 2.36 bits per heavy atom. The van der Waals surface area contributed by atoms with Gasteiger partial charge in [0.25, 0.3) is 17.7 Å². The summed E-state index contributed by atoms with van der Waals surface area (Å²) in [6.07, 6.45) is 0. The number of methoxy groups -OCH3 is 2. The molecule has 1 aliphatic rings. The molecule has 3 amide bonds. The zero-order valence-electron chi connectivity index (χ0n) is 19.9. The lowest BCUT2D eigenvalue weighted by atomic mass is 10.1. The molecule has 0 aliphatic carbocycles. The van der Waals surface area contributed by atoms with Crippen molar-refractivity contribution in [1.82, 2.24) is 0 Å². The zero-order valence-corrected chi connectivity index (χ0v) is 20.7. The number of rotatable bonds is 8. The van der Waals surface area contributed by atoms with E-state index in [4.69, 9.17) is 21.1 Å². The summed E-state index contributed by atoms with van der Waals surface area (Å²) in [5, 5.41) is 2.64. The summed E-state index contributed by atoms with van der Waals surface area (Å²) in [7, 11) is 2.91. The maximum absolute atomic E-state index is 13.3. The highest BCUT2D eigenvalue weighted by molar-refractivity contribution is 6.53. The summed E-state index contributed by atoms with van der Waals surface area (Å²) in [6, 6.07) is 20.8. The van der Waals surface area contributed by atoms with E-state index in [0.29, 0.717) is 29.3 Å². The first kappa shape index (κ1) is 24.8. The van der Waals surface area contributed by atoms with Crippen molar-refractivity contribution in [3.8, 4) is 11.5 Å². The lowest BCUT2D eigenvalue weighted by molar-refractivity contribution is -0.120. The largest absolute Gasteiger partial charge is 0.497 e. The van der Waals surface area contributed by atoms with Gasteiger partial charge in [-0.1, -0.05) is 35.9 Å². The number of hydrogen-bond acceptors (Lipinski definition) is 6. The van der Waals surface area contributed by atoms with E-state index in [2.05, 4.69) is 5.32 Å². The number of nitrogens with one attached hydrogen (secondary N) is 1. The van der Waals surface area contributed by atoms with E-state index < -0.39 is 11.8 Å². The maximum Gasteiger partial charge on any atom is 0.283 e. The average molecular weight is 506 g/mol. The number of para-hydroxylation sites is 1. The van der Waals surface area contributed by atoms with Crippen LogP contribution in [0.1, 0.15) is 17.3 Å². The van der Waals surface area contributed by atoms with Gasteiger partial charge in [0, 0.05) is 29.5 Å². The van der Waals surface area contributed by atoms with Crippen LogP contribution in [0.15, 0.2) is 83.5 Å². The number of ether oxygens (including phenoxy) is 2. The van der Waals surface area contributed by atoms with Gasteiger partial charge in [-0.05, 0) is 49.4 Å². The minimum absolute atomic E-state index is 0.105. The zero-order chi connectivity index (χ0) is 25.8. The van der Waals surface area contributed by atoms with Crippen LogP contribution in [0.2, 0.25) is 0 Å². The molecule has 0 unspecified atom stereocenters. The summed E-state index contributed by atoms with van der Waals surface area (Å²) < 4.78 is 10.6. The number of imide groups is 1. The van der Waals surface area contributed by atoms with Crippen molar-refractivity contribution < 1.29 is 23.9 Å². The van der Waals surface area contributed by atoms with E-state index >= 15 is 0 Å². The lowest BCUT2D eigenvalue weighted by Crippen LogP contribution is -2.32. The van der Waals surface area contributed by atoms with E-state index in [1.807, 2.05) is 37.3 Å². The quantitative estimate of drug-likeness (QED) is 0.442. The number of nitrogens with zero attached hydrogens (tertiary/aromatic N) is 2. The number of carbonyl (C=O) groups excluding carboxylic acids is 3. The van der Waals surface area contributed by atoms with Gasteiger partial charge in [-0.25, -0.2) is 4.90 Å². The van der Waals surface area contributed by atoms with Gasteiger partial charge < -0.3 is 19.7 Å². The lowest BCUT2D eigenvalue weighted by Gasteiger charge is -2.21. The first-order chi connectivity index (χ1) is 17.4. The van der Waals surface area contributed by atoms with Crippen molar-refractivity contribution in [2.45, 2.75) is 6.92 Å². The van der Waals surface area contributed by atoms with E-state index in [-0.39, 0.29) is 22.3 Å². The Bertz CT molecular complexity index is 1360. The molecule has 0 saturated carbocycles. The van der Waals surface area contributed by atoms with Crippen molar-refractivity contribution in [2.75, 3.05) is 35.9 Å². The Morgan fingerprint density at radius 1 is 0.944 bits per heavy atom. The highest BCUT2D eigenvalue weighted by Gasteiger charge is 2.40. The van der Waals surface area contributed by atoms with Gasteiger partial charge >= 0.3 is 0 Å². The van der Waals surface area contributed by atoms with Gasteiger partial charge in [-0.2, -0.15) is 0 Å². The Hall–Kier alpha value is -4.30. The number of benzene rings is 3. The fraction of sp³-hybridized carbons (Fsp3) is 0.148. The Labute approximate surface area is 213 Å². The van der Waals surface area contributed by atoms with Crippen molar-refractivity contribution in [2.24, 2.45) is 0 Å². The van der Waals surface area contributed by atoms with Crippen LogP contribution in [0, 0.1) is 0 Å². The average Bonchev–Trinajstić information content (AvgIpc) is 3.12.